The Bertz CT molecular complexity index is 814. The van der Waals surface area contributed by atoms with Gasteiger partial charge in [0.05, 0.1) is 6.54 Å². The Hall–Kier alpha value is -2.81. The van der Waals surface area contributed by atoms with Crippen LogP contribution < -0.4 is 9.80 Å². The van der Waals surface area contributed by atoms with E-state index in [1.54, 1.807) is 4.90 Å². The molecule has 0 saturated heterocycles. The molecule has 0 aliphatic rings. The van der Waals surface area contributed by atoms with Gasteiger partial charge in [-0.25, -0.2) is 0 Å². The second kappa shape index (κ2) is 6.53. The summed E-state index contributed by atoms with van der Waals surface area (Å²) >= 11 is 0. The van der Waals surface area contributed by atoms with Gasteiger partial charge in [-0.15, -0.1) is 0 Å². The van der Waals surface area contributed by atoms with Crippen LogP contribution in [0.2, 0.25) is 0 Å². The zero-order chi connectivity index (χ0) is 16.2. The van der Waals surface area contributed by atoms with Gasteiger partial charge in [-0.05, 0) is 35.0 Å². The lowest BCUT2D eigenvalue weighted by Gasteiger charge is -2.23. The van der Waals surface area contributed by atoms with Gasteiger partial charge in [0, 0.05) is 25.5 Å². The molecule has 3 nitrogen and oxygen atoms in total. The second-order valence-corrected chi connectivity index (χ2v) is 5.68. The van der Waals surface area contributed by atoms with E-state index >= 15 is 0 Å². The van der Waals surface area contributed by atoms with Crippen LogP contribution in [0.25, 0.3) is 10.8 Å². The summed E-state index contributed by atoms with van der Waals surface area (Å²) in [7, 11) is 3.76. The number of para-hydroxylation sites is 1. The molecule has 3 heteroatoms. The number of carbonyl (C=O) groups excluding carboxylic acids is 1. The van der Waals surface area contributed by atoms with E-state index in [0.717, 1.165) is 11.4 Å². The van der Waals surface area contributed by atoms with Crippen LogP contribution in [-0.2, 0) is 4.79 Å². The third kappa shape index (κ3) is 3.34. The SMILES string of the molecule is CN(CC(=O)N(C)c1ccccc1)c1ccc2ccccc2c1. The van der Waals surface area contributed by atoms with Gasteiger partial charge in [0.2, 0.25) is 5.91 Å². The molecule has 0 bridgehead atoms. The Morgan fingerprint density at radius 1 is 0.783 bits per heavy atom. The summed E-state index contributed by atoms with van der Waals surface area (Å²) in [5.41, 5.74) is 1.95. The molecule has 0 spiro atoms. The van der Waals surface area contributed by atoms with Crippen LogP contribution in [0.3, 0.4) is 0 Å². The lowest BCUT2D eigenvalue weighted by molar-refractivity contribution is -0.117. The monoisotopic (exact) mass is 304 g/mol. The zero-order valence-electron chi connectivity index (χ0n) is 13.4. The van der Waals surface area contributed by atoms with E-state index in [4.69, 9.17) is 0 Å². The van der Waals surface area contributed by atoms with Crippen LogP contribution >= 0.6 is 0 Å². The highest BCUT2D eigenvalue weighted by atomic mass is 16.2. The average molecular weight is 304 g/mol. The number of likely N-dealkylation sites (N-methyl/N-ethyl adjacent to an activating group) is 2. The van der Waals surface area contributed by atoms with Crippen molar-refractivity contribution in [2.24, 2.45) is 0 Å². The van der Waals surface area contributed by atoms with Gasteiger partial charge >= 0.3 is 0 Å². The zero-order valence-corrected chi connectivity index (χ0v) is 13.4. The maximum absolute atomic E-state index is 12.5. The number of hydrogen-bond acceptors (Lipinski definition) is 2. The molecule has 0 atom stereocenters. The van der Waals surface area contributed by atoms with Gasteiger partial charge in [0.25, 0.3) is 0 Å². The third-order valence-corrected chi connectivity index (χ3v) is 4.06. The van der Waals surface area contributed by atoms with Crippen molar-refractivity contribution in [1.29, 1.82) is 0 Å². The van der Waals surface area contributed by atoms with E-state index in [2.05, 4.69) is 30.3 Å². The van der Waals surface area contributed by atoms with Crippen molar-refractivity contribution in [3.63, 3.8) is 0 Å². The van der Waals surface area contributed by atoms with E-state index in [0.29, 0.717) is 6.54 Å². The van der Waals surface area contributed by atoms with Gasteiger partial charge in [0.15, 0.2) is 0 Å². The molecule has 0 radical (unpaired) electrons. The van der Waals surface area contributed by atoms with E-state index < -0.39 is 0 Å². The van der Waals surface area contributed by atoms with Crippen LogP contribution in [-0.4, -0.2) is 26.5 Å². The molecule has 23 heavy (non-hydrogen) atoms. The molecule has 0 unspecified atom stereocenters. The Balaban J connectivity index is 1.74. The van der Waals surface area contributed by atoms with Crippen molar-refractivity contribution in [1.82, 2.24) is 0 Å². The summed E-state index contributed by atoms with van der Waals surface area (Å²) in [5, 5.41) is 2.39. The molecule has 0 N–H and O–H groups in total. The highest BCUT2D eigenvalue weighted by molar-refractivity contribution is 5.96. The van der Waals surface area contributed by atoms with E-state index in [-0.39, 0.29) is 5.91 Å². The first-order valence-electron chi connectivity index (χ1n) is 7.67. The average Bonchev–Trinajstić information content (AvgIpc) is 2.61. The minimum atomic E-state index is 0.0619. The second-order valence-electron chi connectivity index (χ2n) is 5.68. The quantitative estimate of drug-likeness (QED) is 0.729. The van der Waals surface area contributed by atoms with Crippen molar-refractivity contribution in [3.05, 3.63) is 72.8 Å². The molecule has 3 aromatic rings. The Kier molecular flexibility index (Phi) is 4.29. The topological polar surface area (TPSA) is 23.6 Å². The number of carbonyl (C=O) groups is 1. The standard InChI is InChI=1S/C20H20N2O/c1-21(15-20(23)22(2)18-10-4-3-5-11-18)19-13-12-16-8-6-7-9-17(16)14-19/h3-14H,15H2,1-2H3. The first-order chi connectivity index (χ1) is 11.1. The fraction of sp³-hybridized carbons (Fsp3) is 0.150. The van der Waals surface area contributed by atoms with E-state index in [1.807, 2.05) is 61.5 Å². The van der Waals surface area contributed by atoms with Crippen molar-refractivity contribution < 1.29 is 4.79 Å². The normalized spacial score (nSPS) is 10.5. The van der Waals surface area contributed by atoms with Gasteiger partial charge in [0.1, 0.15) is 0 Å². The number of anilines is 2. The molecule has 3 aromatic carbocycles. The molecule has 1 amide bonds. The molecule has 0 aliphatic carbocycles. The van der Waals surface area contributed by atoms with Crippen molar-refractivity contribution in [2.45, 2.75) is 0 Å². The summed E-state index contributed by atoms with van der Waals surface area (Å²) in [6.45, 7) is 0.337. The van der Waals surface area contributed by atoms with Crippen molar-refractivity contribution in [2.75, 3.05) is 30.4 Å². The van der Waals surface area contributed by atoms with E-state index in [9.17, 15) is 4.79 Å². The highest BCUT2D eigenvalue weighted by Gasteiger charge is 2.13. The predicted molar refractivity (Wildman–Crippen MR) is 97.1 cm³/mol. The molecule has 0 fully saturated rings. The fourth-order valence-corrected chi connectivity index (χ4v) is 2.61. The lowest BCUT2D eigenvalue weighted by Crippen LogP contribution is -2.36. The number of rotatable bonds is 4. The van der Waals surface area contributed by atoms with Crippen molar-refractivity contribution in [3.8, 4) is 0 Å². The molecule has 0 saturated carbocycles. The number of fused-ring (bicyclic) bond motifs is 1. The highest BCUT2D eigenvalue weighted by Crippen LogP contribution is 2.21. The molecular formula is C20H20N2O. The number of hydrogen-bond donors (Lipinski definition) is 0. The number of nitrogens with zero attached hydrogens (tertiary/aromatic N) is 2. The minimum absolute atomic E-state index is 0.0619. The molecule has 116 valence electrons. The Morgan fingerprint density at radius 2 is 1.43 bits per heavy atom. The molecule has 0 aliphatic heterocycles. The van der Waals surface area contributed by atoms with Crippen LogP contribution in [0.4, 0.5) is 11.4 Å². The Labute approximate surface area is 136 Å². The predicted octanol–water partition coefficient (Wildman–Crippen LogP) is 3.94. The van der Waals surface area contributed by atoms with Gasteiger partial charge in [-0.1, -0.05) is 48.5 Å². The van der Waals surface area contributed by atoms with Gasteiger partial charge in [-0.2, -0.15) is 0 Å². The van der Waals surface area contributed by atoms with E-state index in [1.165, 1.54) is 10.8 Å². The van der Waals surface area contributed by atoms with Crippen LogP contribution in [0.5, 0.6) is 0 Å². The summed E-state index contributed by atoms with van der Waals surface area (Å²) < 4.78 is 0. The van der Waals surface area contributed by atoms with Crippen molar-refractivity contribution >= 4 is 28.1 Å². The maximum atomic E-state index is 12.5. The lowest BCUT2D eigenvalue weighted by atomic mass is 10.1. The minimum Gasteiger partial charge on any atom is -0.365 e. The van der Waals surface area contributed by atoms with Crippen LogP contribution in [0.15, 0.2) is 72.8 Å². The van der Waals surface area contributed by atoms with Crippen LogP contribution in [0.1, 0.15) is 0 Å². The molecule has 0 heterocycles. The van der Waals surface area contributed by atoms with Gasteiger partial charge in [-0.3, -0.25) is 4.79 Å². The maximum Gasteiger partial charge on any atom is 0.246 e. The third-order valence-electron chi connectivity index (χ3n) is 4.06. The summed E-state index contributed by atoms with van der Waals surface area (Å²) in [6.07, 6.45) is 0. The fourth-order valence-electron chi connectivity index (χ4n) is 2.61. The summed E-state index contributed by atoms with van der Waals surface area (Å²) in [6, 6.07) is 24.2. The molecular weight excluding hydrogens is 284 g/mol. The number of benzene rings is 3. The van der Waals surface area contributed by atoms with Crippen LogP contribution in [0, 0.1) is 0 Å². The summed E-state index contributed by atoms with van der Waals surface area (Å²) in [5.74, 6) is 0.0619. The first kappa shape index (κ1) is 15.1. The first-order valence-corrected chi connectivity index (χ1v) is 7.67. The number of amides is 1. The largest absolute Gasteiger partial charge is 0.365 e. The molecule has 3 rings (SSSR count). The molecule has 0 aromatic heterocycles. The van der Waals surface area contributed by atoms with Gasteiger partial charge < -0.3 is 9.80 Å². The summed E-state index contributed by atoms with van der Waals surface area (Å²) in [4.78, 5) is 16.1. The Morgan fingerprint density at radius 3 is 2.17 bits per heavy atom. The smallest absolute Gasteiger partial charge is 0.246 e.